The largest absolute Gasteiger partial charge is 0.337 e. The van der Waals surface area contributed by atoms with Gasteiger partial charge >= 0.3 is 0 Å². The first-order chi connectivity index (χ1) is 9.20. The van der Waals surface area contributed by atoms with Gasteiger partial charge in [0.05, 0.1) is 0 Å². The zero-order valence-corrected chi connectivity index (χ0v) is 14.0. The predicted molar refractivity (Wildman–Crippen MR) is 84.9 cm³/mol. The lowest BCUT2D eigenvalue weighted by atomic mass is 10.2. The summed E-state index contributed by atoms with van der Waals surface area (Å²) < 4.78 is 0.953. The van der Waals surface area contributed by atoms with E-state index in [9.17, 15) is 4.79 Å². The van der Waals surface area contributed by atoms with Crippen LogP contribution in [0, 0.1) is 0 Å². The van der Waals surface area contributed by atoms with E-state index in [0.717, 1.165) is 54.5 Å². The number of amides is 1. The molecule has 0 saturated carbocycles. The van der Waals surface area contributed by atoms with E-state index in [1.807, 2.05) is 29.2 Å². The minimum absolute atomic E-state index is 0.141. The highest BCUT2D eigenvalue weighted by molar-refractivity contribution is 9.10. The summed E-state index contributed by atoms with van der Waals surface area (Å²) in [5.74, 6) is 0.141. The van der Waals surface area contributed by atoms with Crippen LogP contribution in [0.4, 0.5) is 0 Å². The van der Waals surface area contributed by atoms with Crippen molar-refractivity contribution in [2.24, 2.45) is 0 Å². The monoisotopic (exact) mass is 388 g/mol. The number of benzene rings is 1. The second-order valence-corrected chi connectivity index (χ2v) is 6.40. The number of hydrogen-bond donors (Lipinski definition) is 0. The number of alkyl halides is 1. The van der Waals surface area contributed by atoms with Crippen molar-refractivity contribution in [3.05, 3.63) is 34.3 Å². The molecule has 3 nitrogen and oxygen atoms in total. The second kappa shape index (κ2) is 7.41. The molecule has 0 unspecified atom stereocenters. The molecule has 104 valence electrons. The van der Waals surface area contributed by atoms with Crippen LogP contribution in [0.25, 0.3) is 0 Å². The fourth-order valence-electron chi connectivity index (χ4n) is 2.32. The summed E-state index contributed by atoms with van der Waals surface area (Å²) in [6, 6.07) is 7.63. The number of nitrogens with zero attached hydrogens (tertiary/aromatic N) is 2. The topological polar surface area (TPSA) is 23.6 Å². The minimum atomic E-state index is 0.141. The van der Waals surface area contributed by atoms with E-state index in [2.05, 4.69) is 36.8 Å². The highest BCUT2D eigenvalue weighted by Crippen LogP contribution is 2.15. The molecule has 5 heteroatoms. The molecule has 0 spiro atoms. The number of carbonyl (C=O) groups is 1. The van der Waals surface area contributed by atoms with Crippen LogP contribution in [-0.2, 0) is 0 Å². The smallest absolute Gasteiger partial charge is 0.253 e. The molecule has 0 aliphatic carbocycles. The Morgan fingerprint density at radius 3 is 2.79 bits per heavy atom. The molecule has 0 bridgehead atoms. The summed E-state index contributed by atoms with van der Waals surface area (Å²) in [4.78, 5) is 16.8. The van der Waals surface area contributed by atoms with Crippen molar-refractivity contribution in [3.63, 3.8) is 0 Å². The van der Waals surface area contributed by atoms with Gasteiger partial charge in [0, 0.05) is 41.5 Å². The van der Waals surface area contributed by atoms with Gasteiger partial charge in [0.25, 0.3) is 5.91 Å². The average molecular weight is 390 g/mol. The van der Waals surface area contributed by atoms with Gasteiger partial charge < -0.3 is 9.80 Å². The molecule has 0 N–H and O–H groups in total. The first kappa shape index (κ1) is 15.0. The average Bonchev–Trinajstić information content (AvgIpc) is 2.64. The Morgan fingerprint density at radius 1 is 1.21 bits per heavy atom. The second-order valence-electron chi connectivity index (χ2n) is 4.69. The summed E-state index contributed by atoms with van der Waals surface area (Å²) in [5.41, 5.74) is 0.767. The predicted octanol–water partition coefficient (Wildman–Crippen LogP) is 2.99. The first-order valence-electron chi connectivity index (χ1n) is 6.54. The third-order valence-corrected chi connectivity index (χ3v) is 4.20. The van der Waals surface area contributed by atoms with E-state index in [0.29, 0.717) is 0 Å². The maximum absolute atomic E-state index is 12.4. The van der Waals surface area contributed by atoms with Crippen LogP contribution in [0.3, 0.4) is 0 Å². The maximum atomic E-state index is 12.4. The van der Waals surface area contributed by atoms with E-state index < -0.39 is 0 Å². The van der Waals surface area contributed by atoms with Gasteiger partial charge in [-0.05, 0) is 31.2 Å². The van der Waals surface area contributed by atoms with Gasteiger partial charge in [-0.15, -0.1) is 0 Å². The Balaban J connectivity index is 2.00. The Hall–Kier alpha value is -0.390. The Kier molecular flexibility index (Phi) is 5.85. The lowest BCUT2D eigenvalue weighted by Crippen LogP contribution is -2.35. The van der Waals surface area contributed by atoms with Gasteiger partial charge in [-0.3, -0.25) is 4.79 Å². The van der Waals surface area contributed by atoms with Crippen molar-refractivity contribution in [1.82, 2.24) is 9.80 Å². The number of rotatable bonds is 3. The fourth-order valence-corrected chi connectivity index (χ4v) is 3.22. The molecule has 0 atom stereocenters. The molecule has 1 fully saturated rings. The Labute approximate surface area is 131 Å². The maximum Gasteiger partial charge on any atom is 0.253 e. The fraction of sp³-hybridized carbons (Fsp3) is 0.500. The lowest BCUT2D eigenvalue weighted by Gasteiger charge is -2.21. The summed E-state index contributed by atoms with van der Waals surface area (Å²) >= 11 is 6.89. The molecule has 0 radical (unpaired) electrons. The highest BCUT2D eigenvalue weighted by Gasteiger charge is 2.19. The van der Waals surface area contributed by atoms with Crippen LogP contribution >= 0.6 is 31.9 Å². The Morgan fingerprint density at radius 2 is 2.05 bits per heavy atom. The van der Waals surface area contributed by atoms with Crippen molar-refractivity contribution >= 4 is 37.8 Å². The number of hydrogen-bond acceptors (Lipinski definition) is 2. The van der Waals surface area contributed by atoms with Crippen LogP contribution < -0.4 is 0 Å². The molecule has 19 heavy (non-hydrogen) atoms. The molecular weight excluding hydrogens is 372 g/mol. The molecule has 1 aliphatic heterocycles. The summed E-state index contributed by atoms with van der Waals surface area (Å²) in [6.45, 7) is 4.76. The van der Waals surface area contributed by atoms with Gasteiger partial charge in [0.2, 0.25) is 0 Å². The molecule has 2 rings (SSSR count). The van der Waals surface area contributed by atoms with E-state index in [1.54, 1.807) is 0 Å². The van der Waals surface area contributed by atoms with Crippen molar-refractivity contribution in [3.8, 4) is 0 Å². The van der Waals surface area contributed by atoms with Gasteiger partial charge in [0.1, 0.15) is 0 Å². The van der Waals surface area contributed by atoms with Crippen LogP contribution in [0.1, 0.15) is 16.8 Å². The van der Waals surface area contributed by atoms with Gasteiger partial charge in [-0.25, -0.2) is 0 Å². The lowest BCUT2D eigenvalue weighted by molar-refractivity contribution is 0.0762. The summed E-state index contributed by atoms with van der Waals surface area (Å²) in [5, 5.41) is 0.993. The standard InChI is InChI=1S/C14H18Br2N2O/c15-5-8-17-6-2-7-18(10-9-17)14(19)12-3-1-4-13(16)11-12/h1,3-4,11H,2,5-10H2. The summed E-state index contributed by atoms with van der Waals surface area (Å²) in [7, 11) is 0. The quantitative estimate of drug-likeness (QED) is 0.742. The van der Waals surface area contributed by atoms with Crippen molar-refractivity contribution in [1.29, 1.82) is 0 Å². The van der Waals surface area contributed by atoms with Crippen LogP contribution in [0.5, 0.6) is 0 Å². The third-order valence-electron chi connectivity index (χ3n) is 3.35. The molecule has 1 heterocycles. The Bertz CT molecular complexity index is 439. The molecular formula is C14H18Br2N2O. The highest BCUT2D eigenvalue weighted by atomic mass is 79.9. The van der Waals surface area contributed by atoms with Crippen molar-refractivity contribution < 1.29 is 4.79 Å². The molecule has 1 saturated heterocycles. The van der Waals surface area contributed by atoms with E-state index in [4.69, 9.17) is 0 Å². The number of halogens is 2. The molecule has 1 amide bonds. The zero-order valence-electron chi connectivity index (χ0n) is 10.8. The van der Waals surface area contributed by atoms with Crippen molar-refractivity contribution in [2.45, 2.75) is 6.42 Å². The van der Waals surface area contributed by atoms with Crippen LogP contribution in [0.15, 0.2) is 28.7 Å². The van der Waals surface area contributed by atoms with Crippen molar-refractivity contribution in [2.75, 3.05) is 38.1 Å². The minimum Gasteiger partial charge on any atom is -0.337 e. The summed E-state index contributed by atoms with van der Waals surface area (Å²) in [6.07, 6.45) is 1.05. The molecule has 1 aliphatic rings. The van der Waals surface area contributed by atoms with E-state index in [-0.39, 0.29) is 5.91 Å². The molecule has 0 aromatic heterocycles. The van der Waals surface area contributed by atoms with Crippen LogP contribution in [0.2, 0.25) is 0 Å². The first-order valence-corrected chi connectivity index (χ1v) is 8.45. The number of carbonyl (C=O) groups excluding carboxylic acids is 1. The van der Waals surface area contributed by atoms with Gasteiger partial charge in [-0.2, -0.15) is 0 Å². The zero-order chi connectivity index (χ0) is 13.7. The molecule has 1 aromatic rings. The normalized spacial score (nSPS) is 17.3. The van der Waals surface area contributed by atoms with Crippen LogP contribution in [-0.4, -0.2) is 53.8 Å². The molecule has 1 aromatic carbocycles. The van der Waals surface area contributed by atoms with E-state index >= 15 is 0 Å². The van der Waals surface area contributed by atoms with Gasteiger partial charge in [0.15, 0.2) is 0 Å². The SMILES string of the molecule is O=C(c1cccc(Br)c1)N1CCCN(CCBr)CC1. The third kappa shape index (κ3) is 4.29. The van der Waals surface area contributed by atoms with E-state index in [1.165, 1.54) is 0 Å². The van der Waals surface area contributed by atoms with Gasteiger partial charge in [-0.1, -0.05) is 37.9 Å².